The van der Waals surface area contributed by atoms with E-state index in [1.807, 2.05) is 0 Å². The Bertz CT molecular complexity index is 309. The van der Waals surface area contributed by atoms with E-state index in [4.69, 9.17) is 9.66 Å². The SMILES string of the molecule is NC(=O)CC(O)C(=O)NS(=O)(=O)O. The molecule has 8 nitrogen and oxygen atoms in total. The zero-order valence-corrected chi connectivity index (χ0v) is 7.11. The fourth-order valence-corrected chi connectivity index (χ4v) is 0.869. The van der Waals surface area contributed by atoms with E-state index >= 15 is 0 Å². The number of carbonyl (C=O) groups is 2. The van der Waals surface area contributed by atoms with Crippen molar-refractivity contribution in [2.75, 3.05) is 0 Å². The number of nitrogens with one attached hydrogen (secondary N) is 1. The Morgan fingerprint density at radius 1 is 1.46 bits per heavy atom. The summed E-state index contributed by atoms with van der Waals surface area (Å²) in [5.41, 5.74) is 4.60. The standard InChI is InChI=1S/C4H8N2O6S/c5-3(8)1-2(7)4(9)6-13(10,11)12/h2,7H,1H2,(H2,5,8)(H,6,9)(H,10,11,12). The van der Waals surface area contributed by atoms with Gasteiger partial charge in [0.2, 0.25) is 5.91 Å². The molecular formula is C4H8N2O6S. The average Bonchev–Trinajstić information content (AvgIpc) is 1.81. The first-order valence-electron chi connectivity index (χ1n) is 2.98. The molecule has 2 amide bonds. The first-order chi connectivity index (χ1) is 5.72. The molecule has 76 valence electrons. The summed E-state index contributed by atoms with van der Waals surface area (Å²) in [5, 5.41) is 8.76. The molecule has 0 fully saturated rings. The maximum absolute atomic E-state index is 10.6. The first-order valence-corrected chi connectivity index (χ1v) is 4.42. The van der Waals surface area contributed by atoms with Gasteiger partial charge >= 0.3 is 10.3 Å². The van der Waals surface area contributed by atoms with Crippen molar-refractivity contribution in [2.24, 2.45) is 5.73 Å². The van der Waals surface area contributed by atoms with Crippen LogP contribution in [-0.2, 0) is 19.9 Å². The predicted octanol–water partition coefficient (Wildman–Crippen LogP) is -2.86. The van der Waals surface area contributed by atoms with Crippen molar-refractivity contribution in [1.82, 2.24) is 4.72 Å². The predicted molar refractivity (Wildman–Crippen MR) is 39.5 cm³/mol. The highest BCUT2D eigenvalue weighted by atomic mass is 32.2. The van der Waals surface area contributed by atoms with Crippen LogP contribution in [0.3, 0.4) is 0 Å². The van der Waals surface area contributed by atoms with Gasteiger partial charge in [0, 0.05) is 0 Å². The highest BCUT2D eigenvalue weighted by Gasteiger charge is 2.21. The van der Waals surface area contributed by atoms with Gasteiger partial charge in [-0.2, -0.15) is 8.42 Å². The van der Waals surface area contributed by atoms with Crippen LogP contribution in [0.25, 0.3) is 0 Å². The number of carbonyl (C=O) groups excluding carboxylic acids is 2. The van der Waals surface area contributed by atoms with Gasteiger partial charge in [-0.25, -0.2) is 4.72 Å². The van der Waals surface area contributed by atoms with E-state index in [9.17, 15) is 18.0 Å². The van der Waals surface area contributed by atoms with Crippen molar-refractivity contribution in [1.29, 1.82) is 0 Å². The van der Waals surface area contributed by atoms with Gasteiger partial charge in [-0.05, 0) is 0 Å². The van der Waals surface area contributed by atoms with Crippen LogP contribution in [0.5, 0.6) is 0 Å². The molecule has 0 heterocycles. The van der Waals surface area contributed by atoms with Gasteiger partial charge in [-0.15, -0.1) is 0 Å². The minimum absolute atomic E-state index is 0.721. The van der Waals surface area contributed by atoms with Gasteiger partial charge in [-0.1, -0.05) is 0 Å². The Kier molecular flexibility index (Phi) is 3.78. The fraction of sp³-hybridized carbons (Fsp3) is 0.500. The number of hydrogen-bond acceptors (Lipinski definition) is 5. The maximum atomic E-state index is 10.6. The molecule has 0 aromatic rings. The molecule has 0 saturated carbocycles. The molecule has 0 aliphatic rings. The molecule has 0 saturated heterocycles. The Balaban J connectivity index is 4.21. The minimum Gasteiger partial charge on any atom is -0.383 e. The summed E-state index contributed by atoms with van der Waals surface area (Å²) in [6, 6.07) is 0. The number of rotatable bonds is 4. The van der Waals surface area contributed by atoms with Gasteiger partial charge in [0.15, 0.2) is 0 Å². The number of hydrogen-bond donors (Lipinski definition) is 4. The lowest BCUT2D eigenvalue weighted by atomic mass is 10.2. The van der Waals surface area contributed by atoms with E-state index in [0.717, 1.165) is 4.72 Å². The monoisotopic (exact) mass is 212 g/mol. The van der Waals surface area contributed by atoms with Crippen LogP contribution in [0.4, 0.5) is 0 Å². The van der Waals surface area contributed by atoms with Crippen molar-refractivity contribution in [3.63, 3.8) is 0 Å². The maximum Gasteiger partial charge on any atom is 0.359 e. The Morgan fingerprint density at radius 3 is 2.23 bits per heavy atom. The highest BCUT2D eigenvalue weighted by molar-refractivity contribution is 7.84. The Hall–Kier alpha value is -1.19. The van der Waals surface area contributed by atoms with Crippen molar-refractivity contribution >= 4 is 22.1 Å². The molecule has 5 N–H and O–H groups in total. The summed E-state index contributed by atoms with van der Waals surface area (Å²) in [6.07, 6.45) is -2.61. The normalized spacial score (nSPS) is 13.4. The lowest BCUT2D eigenvalue weighted by Crippen LogP contribution is -2.40. The smallest absolute Gasteiger partial charge is 0.359 e. The van der Waals surface area contributed by atoms with E-state index in [-0.39, 0.29) is 0 Å². The molecule has 1 unspecified atom stereocenters. The third-order valence-electron chi connectivity index (χ3n) is 0.927. The number of aliphatic hydroxyl groups is 1. The molecule has 1 atom stereocenters. The van der Waals surface area contributed by atoms with Crippen molar-refractivity contribution < 1.29 is 27.7 Å². The van der Waals surface area contributed by atoms with Crippen LogP contribution >= 0.6 is 0 Å². The largest absolute Gasteiger partial charge is 0.383 e. The molecule has 0 aliphatic carbocycles. The summed E-state index contributed by atoms with van der Waals surface area (Å²) in [4.78, 5) is 20.7. The third kappa shape index (κ3) is 6.02. The molecule has 0 radical (unpaired) electrons. The molecule has 0 aromatic carbocycles. The second kappa shape index (κ2) is 4.16. The average molecular weight is 212 g/mol. The Morgan fingerprint density at radius 2 is 1.92 bits per heavy atom. The third-order valence-corrected chi connectivity index (χ3v) is 1.39. The quantitative estimate of drug-likeness (QED) is 0.368. The van der Waals surface area contributed by atoms with Gasteiger partial charge in [-0.3, -0.25) is 14.1 Å². The zero-order chi connectivity index (χ0) is 10.6. The minimum atomic E-state index is -4.72. The number of amides is 2. The van der Waals surface area contributed by atoms with Crippen LogP contribution in [-0.4, -0.2) is 36.0 Å². The van der Waals surface area contributed by atoms with E-state index in [1.165, 1.54) is 0 Å². The summed E-state index contributed by atoms with van der Waals surface area (Å²) in [7, 11) is -4.72. The molecule has 13 heavy (non-hydrogen) atoms. The molecule has 9 heteroatoms. The van der Waals surface area contributed by atoms with Gasteiger partial charge in [0.25, 0.3) is 5.91 Å². The fourth-order valence-electron chi connectivity index (χ4n) is 0.478. The van der Waals surface area contributed by atoms with E-state index in [2.05, 4.69) is 5.73 Å². The first kappa shape index (κ1) is 11.8. The summed E-state index contributed by atoms with van der Waals surface area (Å²) in [5.74, 6) is -2.39. The lowest BCUT2D eigenvalue weighted by molar-refractivity contribution is -0.132. The number of aliphatic hydroxyl groups excluding tert-OH is 1. The van der Waals surface area contributed by atoms with Gasteiger partial charge < -0.3 is 10.8 Å². The van der Waals surface area contributed by atoms with Crippen molar-refractivity contribution in [3.05, 3.63) is 0 Å². The molecule has 0 aliphatic heterocycles. The second-order valence-electron chi connectivity index (χ2n) is 2.13. The molecule has 0 spiro atoms. The summed E-state index contributed by atoms with van der Waals surface area (Å²) < 4.78 is 29.2. The van der Waals surface area contributed by atoms with Gasteiger partial charge in [0.05, 0.1) is 6.42 Å². The number of primary amides is 1. The summed E-state index contributed by atoms with van der Waals surface area (Å²) in [6.45, 7) is 0. The topological polar surface area (TPSA) is 147 Å². The van der Waals surface area contributed by atoms with E-state index in [0.29, 0.717) is 0 Å². The van der Waals surface area contributed by atoms with Crippen molar-refractivity contribution in [2.45, 2.75) is 12.5 Å². The van der Waals surface area contributed by atoms with Crippen LogP contribution in [0.15, 0.2) is 0 Å². The molecule has 0 aromatic heterocycles. The van der Waals surface area contributed by atoms with Crippen LogP contribution < -0.4 is 10.5 Å². The van der Waals surface area contributed by atoms with Crippen LogP contribution in [0.1, 0.15) is 6.42 Å². The zero-order valence-electron chi connectivity index (χ0n) is 6.30. The van der Waals surface area contributed by atoms with E-state index in [1.54, 1.807) is 0 Å². The van der Waals surface area contributed by atoms with E-state index < -0.39 is 34.6 Å². The van der Waals surface area contributed by atoms with Crippen LogP contribution in [0.2, 0.25) is 0 Å². The Labute approximate surface area is 73.6 Å². The highest BCUT2D eigenvalue weighted by Crippen LogP contribution is 1.91. The van der Waals surface area contributed by atoms with Gasteiger partial charge in [0.1, 0.15) is 6.10 Å². The number of nitrogens with two attached hydrogens (primary N) is 1. The molecule has 0 rings (SSSR count). The van der Waals surface area contributed by atoms with Crippen molar-refractivity contribution in [3.8, 4) is 0 Å². The lowest BCUT2D eigenvalue weighted by Gasteiger charge is -2.06. The summed E-state index contributed by atoms with van der Waals surface area (Å²) >= 11 is 0. The molecule has 0 bridgehead atoms. The molecular weight excluding hydrogens is 204 g/mol. The second-order valence-corrected chi connectivity index (χ2v) is 3.28. The van der Waals surface area contributed by atoms with Crippen LogP contribution in [0, 0.1) is 0 Å².